The van der Waals surface area contributed by atoms with E-state index in [1.165, 1.54) is 36.4 Å². The lowest BCUT2D eigenvalue weighted by molar-refractivity contribution is 0.0686. The molecule has 0 aliphatic rings. The Labute approximate surface area is 154 Å². The monoisotopic (exact) mass is 365 g/mol. The minimum atomic E-state index is -1.02. The molecular formula is C20H15NO6. The average molecular weight is 365 g/mol. The second kappa shape index (κ2) is 7.49. The Bertz CT molecular complexity index is 980. The largest absolute Gasteiger partial charge is 0.478 e. The molecule has 7 heteroatoms. The van der Waals surface area contributed by atoms with E-state index in [1.807, 2.05) is 0 Å². The summed E-state index contributed by atoms with van der Waals surface area (Å²) in [5.74, 6) is -0.359. The lowest BCUT2D eigenvalue weighted by Crippen LogP contribution is -1.97. The van der Waals surface area contributed by atoms with E-state index in [-0.39, 0.29) is 11.1 Å². The number of anilines is 1. The summed E-state index contributed by atoms with van der Waals surface area (Å²) in [4.78, 5) is 21.8. The highest BCUT2D eigenvalue weighted by atomic mass is 16.5. The van der Waals surface area contributed by atoms with Crippen molar-refractivity contribution in [3.05, 3.63) is 77.9 Å². The van der Waals surface area contributed by atoms with Gasteiger partial charge >= 0.3 is 11.9 Å². The molecule has 0 amide bonds. The lowest BCUT2D eigenvalue weighted by atomic mass is 10.2. The molecule has 3 aromatic rings. The molecule has 27 heavy (non-hydrogen) atoms. The van der Waals surface area contributed by atoms with E-state index in [9.17, 15) is 9.59 Å². The third-order valence-electron chi connectivity index (χ3n) is 3.65. The summed E-state index contributed by atoms with van der Waals surface area (Å²) < 4.78 is 11.4. The van der Waals surface area contributed by atoms with E-state index in [0.29, 0.717) is 28.7 Å². The van der Waals surface area contributed by atoms with Gasteiger partial charge in [0, 0.05) is 6.07 Å². The molecule has 4 N–H and O–H groups in total. The van der Waals surface area contributed by atoms with Crippen molar-refractivity contribution in [2.75, 3.05) is 5.73 Å². The molecule has 0 atom stereocenters. The smallest absolute Gasteiger partial charge is 0.335 e. The number of carboxylic acid groups (broad SMARTS) is 2. The number of aromatic carboxylic acids is 2. The molecular weight excluding hydrogens is 350 g/mol. The molecule has 0 bridgehead atoms. The molecule has 136 valence electrons. The molecule has 7 nitrogen and oxygen atoms in total. The van der Waals surface area contributed by atoms with Crippen LogP contribution < -0.4 is 15.2 Å². The summed E-state index contributed by atoms with van der Waals surface area (Å²) in [6, 6.07) is 16.7. The Kier molecular flexibility index (Phi) is 4.94. The maximum Gasteiger partial charge on any atom is 0.335 e. The molecule has 0 aliphatic heterocycles. The van der Waals surface area contributed by atoms with Crippen LogP contribution in [0.25, 0.3) is 0 Å². The second-order valence-corrected chi connectivity index (χ2v) is 5.56. The maximum absolute atomic E-state index is 10.9. The first kappa shape index (κ1) is 17.8. The Morgan fingerprint density at radius 1 is 0.667 bits per heavy atom. The third-order valence-corrected chi connectivity index (χ3v) is 3.65. The zero-order valence-electron chi connectivity index (χ0n) is 14.0. The van der Waals surface area contributed by atoms with Gasteiger partial charge in [-0.25, -0.2) is 9.59 Å². The van der Waals surface area contributed by atoms with Crippen LogP contribution in [0, 0.1) is 0 Å². The highest BCUT2D eigenvalue weighted by Gasteiger charge is 2.08. The van der Waals surface area contributed by atoms with Crippen LogP contribution in [0.1, 0.15) is 20.7 Å². The van der Waals surface area contributed by atoms with Crippen LogP contribution in [-0.4, -0.2) is 22.2 Å². The molecule has 0 spiro atoms. The van der Waals surface area contributed by atoms with Crippen molar-refractivity contribution in [3.8, 4) is 23.0 Å². The first-order valence-corrected chi connectivity index (χ1v) is 7.84. The van der Waals surface area contributed by atoms with Crippen molar-refractivity contribution in [1.82, 2.24) is 0 Å². The van der Waals surface area contributed by atoms with Crippen molar-refractivity contribution in [2.24, 2.45) is 0 Å². The van der Waals surface area contributed by atoms with Gasteiger partial charge in [-0.15, -0.1) is 0 Å². The summed E-state index contributed by atoms with van der Waals surface area (Å²) in [5, 5.41) is 17.8. The van der Waals surface area contributed by atoms with Crippen LogP contribution in [0.4, 0.5) is 5.69 Å². The summed E-state index contributed by atoms with van der Waals surface area (Å²) in [6.45, 7) is 0. The highest BCUT2D eigenvalue weighted by Crippen LogP contribution is 2.33. The quantitative estimate of drug-likeness (QED) is 0.559. The number of hydrogen-bond donors (Lipinski definition) is 3. The fourth-order valence-electron chi connectivity index (χ4n) is 2.26. The number of rotatable bonds is 6. The number of nitrogen functional groups attached to an aromatic ring is 1. The minimum absolute atomic E-state index is 0.150. The van der Waals surface area contributed by atoms with Gasteiger partial charge in [0.2, 0.25) is 0 Å². The van der Waals surface area contributed by atoms with Crippen molar-refractivity contribution in [1.29, 1.82) is 0 Å². The molecule has 0 radical (unpaired) electrons. The van der Waals surface area contributed by atoms with Crippen LogP contribution in [0.5, 0.6) is 23.0 Å². The fourth-order valence-corrected chi connectivity index (χ4v) is 2.26. The van der Waals surface area contributed by atoms with Crippen molar-refractivity contribution >= 4 is 17.6 Å². The van der Waals surface area contributed by atoms with Crippen LogP contribution in [-0.2, 0) is 0 Å². The number of hydrogen-bond acceptors (Lipinski definition) is 5. The van der Waals surface area contributed by atoms with Gasteiger partial charge in [0.15, 0.2) is 5.75 Å². The zero-order valence-corrected chi connectivity index (χ0v) is 14.0. The Balaban J connectivity index is 1.77. The average Bonchev–Trinajstić information content (AvgIpc) is 2.65. The number of nitrogens with two attached hydrogens (primary N) is 1. The Hall–Kier alpha value is -4.00. The van der Waals surface area contributed by atoms with Crippen molar-refractivity contribution < 1.29 is 29.3 Å². The standard InChI is InChI=1S/C20H15NO6/c21-17-10-9-16(26-14-5-1-12(2-6-14)19(22)23)11-18(17)27-15-7-3-13(4-8-15)20(24)25/h1-11H,21H2,(H,22,23)(H,24,25). The van der Waals surface area contributed by atoms with E-state index >= 15 is 0 Å². The Morgan fingerprint density at radius 2 is 1.11 bits per heavy atom. The third kappa shape index (κ3) is 4.35. The highest BCUT2D eigenvalue weighted by molar-refractivity contribution is 5.88. The first-order valence-electron chi connectivity index (χ1n) is 7.84. The molecule has 3 rings (SSSR count). The van der Waals surface area contributed by atoms with Crippen LogP contribution in [0.2, 0.25) is 0 Å². The second-order valence-electron chi connectivity index (χ2n) is 5.56. The Morgan fingerprint density at radius 3 is 1.59 bits per heavy atom. The molecule has 0 aromatic heterocycles. The van der Waals surface area contributed by atoms with Gasteiger partial charge in [-0.1, -0.05) is 0 Å². The van der Waals surface area contributed by atoms with Gasteiger partial charge in [0.05, 0.1) is 16.8 Å². The van der Waals surface area contributed by atoms with Gasteiger partial charge in [0.25, 0.3) is 0 Å². The van der Waals surface area contributed by atoms with Crippen LogP contribution >= 0.6 is 0 Å². The van der Waals surface area contributed by atoms with Crippen molar-refractivity contribution in [3.63, 3.8) is 0 Å². The van der Waals surface area contributed by atoms with E-state index in [2.05, 4.69) is 0 Å². The summed E-state index contributed by atoms with van der Waals surface area (Å²) in [7, 11) is 0. The number of carboxylic acids is 2. The normalized spacial score (nSPS) is 10.2. The number of ether oxygens (including phenoxy) is 2. The van der Waals surface area contributed by atoms with Gasteiger partial charge in [-0.3, -0.25) is 0 Å². The molecule has 0 heterocycles. The first-order chi connectivity index (χ1) is 12.9. The van der Waals surface area contributed by atoms with Crippen LogP contribution in [0.3, 0.4) is 0 Å². The molecule has 0 unspecified atom stereocenters. The van der Waals surface area contributed by atoms with Crippen molar-refractivity contribution in [2.45, 2.75) is 0 Å². The lowest BCUT2D eigenvalue weighted by Gasteiger charge is -2.12. The van der Waals surface area contributed by atoms with Gasteiger partial charge in [-0.05, 0) is 60.7 Å². The van der Waals surface area contributed by atoms with Gasteiger partial charge in [-0.2, -0.15) is 0 Å². The van der Waals surface area contributed by atoms with E-state index in [4.69, 9.17) is 25.4 Å². The predicted octanol–water partition coefficient (Wildman–Crippen LogP) is 4.25. The number of benzene rings is 3. The maximum atomic E-state index is 10.9. The summed E-state index contributed by atoms with van der Waals surface area (Å²) in [5.41, 5.74) is 6.61. The molecule has 3 aromatic carbocycles. The molecule has 0 saturated heterocycles. The minimum Gasteiger partial charge on any atom is -0.478 e. The number of carbonyl (C=O) groups is 2. The summed E-state index contributed by atoms with van der Waals surface area (Å²) in [6.07, 6.45) is 0. The predicted molar refractivity (Wildman–Crippen MR) is 97.8 cm³/mol. The molecule has 0 aliphatic carbocycles. The SMILES string of the molecule is Nc1ccc(Oc2ccc(C(=O)O)cc2)cc1Oc1ccc(C(=O)O)cc1. The molecule has 0 fully saturated rings. The summed E-state index contributed by atoms with van der Waals surface area (Å²) >= 11 is 0. The zero-order chi connectivity index (χ0) is 19.4. The molecule has 0 saturated carbocycles. The topological polar surface area (TPSA) is 119 Å². The fraction of sp³-hybridized carbons (Fsp3) is 0. The van der Waals surface area contributed by atoms with E-state index in [1.54, 1.807) is 30.3 Å². The van der Waals surface area contributed by atoms with E-state index in [0.717, 1.165) is 0 Å². The van der Waals surface area contributed by atoms with E-state index < -0.39 is 11.9 Å². The van der Waals surface area contributed by atoms with Gasteiger partial charge < -0.3 is 25.4 Å². The van der Waals surface area contributed by atoms with Crippen LogP contribution in [0.15, 0.2) is 66.7 Å². The van der Waals surface area contributed by atoms with Gasteiger partial charge in [0.1, 0.15) is 17.2 Å².